The number of carbonyl (C=O) groups excluding carboxylic acids is 1. The van der Waals surface area contributed by atoms with Gasteiger partial charge in [-0.05, 0) is 47.9 Å². The zero-order valence-electron chi connectivity index (χ0n) is 15.3. The maximum absolute atomic E-state index is 12.2. The minimum atomic E-state index is -0.248. The van der Waals surface area contributed by atoms with Crippen LogP contribution in [-0.4, -0.2) is 10.9 Å². The second-order valence-corrected chi connectivity index (χ2v) is 6.57. The van der Waals surface area contributed by atoms with Gasteiger partial charge in [0.15, 0.2) is 5.58 Å². The Morgan fingerprint density at radius 2 is 1.90 bits per heavy atom. The van der Waals surface area contributed by atoms with Crippen molar-refractivity contribution in [3.63, 3.8) is 0 Å². The molecule has 0 atom stereocenters. The number of anilines is 1. The summed E-state index contributed by atoms with van der Waals surface area (Å²) in [5.41, 5.74) is 3.00. The molecule has 0 saturated carbocycles. The van der Waals surface area contributed by atoms with Crippen molar-refractivity contribution in [3.8, 4) is 11.5 Å². The molecule has 0 spiro atoms. The number of amides is 1. The maximum Gasteiger partial charge on any atom is 0.248 e. The molecule has 140 valence electrons. The van der Waals surface area contributed by atoms with Gasteiger partial charge in [0.1, 0.15) is 11.3 Å². The van der Waals surface area contributed by atoms with Crippen LogP contribution < -0.4 is 5.32 Å². The third kappa shape index (κ3) is 3.41. The van der Waals surface area contributed by atoms with Gasteiger partial charge in [0.25, 0.3) is 0 Å². The Morgan fingerprint density at radius 3 is 2.79 bits per heavy atom. The first-order valence-electron chi connectivity index (χ1n) is 9.17. The molecule has 5 rings (SSSR count). The van der Waals surface area contributed by atoms with Crippen LogP contribution in [0, 0.1) is 0 Å². The number of fused-ring (bicyclic) bond motifs is 3. The molecule has 29 heavy (non-hydrogen) atoms. The number of rotatable bonds is 4. The van der Waals surface area contributed by atoms with E-state index < -0.39 is 0 Å². The van der Waals surface area contributed by atoms with Crippen LogP contribution in [0.4, 0.5) is 5.69 Å². The monoisotopic (exact) mass is 380 g/mol. The molecule has 0 aliphatic heterocycles. The molecule has 5 nitrogen and oxygen atoms in total. The number of nitrogens with one attached hydrogen (secondary N) is 1. The average molecular weight is 380 g/mol. The highest BCUT2D eigenvalue weighted by atomic mass is 16.3. The summed E-state index contributed by atoms with van der Waals surface area (Å²) in [4.78, 5) is 16.9. The number of furan rings is 1. The molecule has 1 amide bonds. The first-order chi connectivity index (χ1) is 14.3. The van der Waals surface area contributed by atoms with Crippen LogP contribution in [0.15, 0.2) is 94.0 Å². The van der Waals surface area contributed by atoms with Crippen LogP contribution in [0.2, 0.25) is 0 Å². The van der Waals surface area contributed by atoms with E-state index in [4.69, 9.17) is 13.8 Å². The molecule has 0 saturated heterocycles. The molecule has 1 N–H and O–H groups in total. The van der Waals surface area contributed by atoms with Gasteiger partial charge in [0, 0.05) is 22.7 Å². The summed E-state index contributed by atoms with van der Waals surface area (Å²) in [6, 6.07) is 23.0. The number of benzene rings is 3. The Kier molecular flexibility index (Phi) is 4.18. The molecule has 0 fully saturated rings. The van der Waals surface area contributed by atoms with E-state index in [2.05, 4.69) is 11.4 Å². The number of hydrogen-bond donors (Lipinski definition) is 1. The van der Waals surface area contributed by atoms with Crippen molar-refractivity contribution in [2.45, 2.75) is 0 Å². The summed E-state index contributed by atoms with van der Waals surface area (Å²) in [6.45, 7) is 0. The third-order valence-electron chi connectivity index (χ3n) is 4.60. The molecule has 3 aromatic carbocycles. The third-order valence-corrected chi connectivity index (χ3v) is 4.60. The SMILES string of the molecule is O=C(/C=C/c1ccco1)Nc1cccc(-c2nc3c(ccc4ccccc43)o2)c1. The van der Waals surface area contributed by atoms with Crippen LogP contribution in [-0.2, 0) is 4.79 Å². The van der Waals surface area contributed by atoms with Gasteiger partial charge in [-0.3, -0.25) is 4.79 Å². The van der Waals surface area contributed by atoms with Crippen LogP contribution in [0.25, 0.3) is 39.4 Å². The smallest absolute Gasteiger partial charge is 0.248 e. The van der Waals surface area contributed by atoms with Gasteiger partial charge in [-0.2, -0.15) is 0 Å². The topological polar surface area (TPSA) is 68.3 Å². The lowest BCUT2D eigenvalue weighted by Crippen LogP contribution is -2.07. The highest BCUT2D eigenvalue weighted by Gasteiger charge is 2.11. The second-order valence-electron chi connectivity index (χ2n) is 6.57. The zero-order valence-corrected chi connectivity index (χ0v) is 15.3. The molecule has 5 heteroatoms. The van der Waals surface area contributed by atoms with E-state index in [1.807, 2.05) is 54.6 Å². The lowest BCUT2D eigenvalue weighted by Gasteiger charge is -2.03. The zero-order chi connectivity index (χ0) is 19.6. The van der Waals surface area contributed by atoms with Crippen LogP contribution in [0.3, 0.4) is 0 Å². The average Bonchev–Trinajstić information content (AvgIpc) is 3.42. The van der Waals surface area contributed by atoms with E-state index in [1.165, 1.54) is 6.08 Å². The van der Waals surface area contributed by atoms with Crippen molar-refractivity contribution in [1.29, 1.82) is 0 Å². The minimum Gasteiger partial charge on any atom is -0.465 e. The lowest BCUT2D eigenvalue weighted by molar-refractivity contribution is -0.111. The number of nitrogens with zero attached hydrogens (tertiary/aromatic N) is 1. The fourth-order valence-corrected chi connectivity index (χ4v) is 3.24. The minimum absolute atomic E-state index is 0.248. The van der Waals surface area contributed by atoms with E-state index in [0.717, 1.165) is 27.4 Å². The summed E-state index contributed by atoms with van der Waals surface area (Å²) in [5, 5.41) is 5.00. The molecular weight excluding hydrogens is 364 g/mol. The molecule has 0 aliphatic carbocycles. The number of hydrogen-bond acceptors (Lipinski definition) is 4. The molecule has 0 unspecified atom stereocenters. The molecule has 0 radical (unpaired) electrons. The standard InChI is InChI=1S/C24H16N2O3/c27-22(13-11-19-8-4-14-28-19)25-18-7-3-6-17(15-18)24-26-23-20-9-2-1-5-16(20)10-12-21(23)29-24/h1-15H,(H,25,27)/b13-11+. The quantitative estimate of drug-likeness (QED) is 0.395. The Balaban J connectivity index is 1.43. The van der Waals surface area contributed by atoms with Gasteiger partial charge < -0.3 is 14.2 Å². The Morgan fingerprint density at radius 1 is 0.966 bits per heavy atom. The van der Waals surface area contributed by atoms with E-state index in [-0.39, 0.29) is 5.91 Å². The number of oxazole rings is 1. The number of aromatic nitrogens is 1. The molecule has 0 aliphatic rings. The first-order valence-corrected chi connectivity index (χ1v) is 9.17. The molecule has 2 aromatic heterocycles. The van der Waals surface area contributed by atoms with Gasteiger partial charge in [-0.15, -0.1) is 0 Å². The fourth-order valence-electron chi connectivity index (χ4n) is 3.24. The highest BCUT2D eigenvalue weighted by Crippen LogP contribution is 2.30. The maximum atomic E-state index is 12.2. The van der Waals surface area contributed by atoms with Crippen molar-refractivity contribution >= 4 is 39.5 Å². The predicted molar refractivity (Wildman–Crippen MR) is 113 cm³/mol. The van der Waals surface area contributed by atoms with E-state index in [9.17, 15) is 4.79 Å². The van der Waals surface area contributed by atoms with Crippen molar-refractivity contribution < 1.29 is 13.6 Å². The highest BCUT2D eigenvalue weighted by molar-refractivity contribution is 6.04. The largest absolute Gasteiger partial charge is 0.465 e. The van der Waals surface area contributed by atoms with Gasteiger partial charge in [0.2, 0.25) is 11.8 Å². The van der Waals surface area contributed by atoms with Gasteiger partial charge in [-0.1, -0.05) is 36.4 Å². The predicted octanol–water partition coefficient (Wildman–Crippen LogP) is 5.89. The lowest BCUT2D eigenvalue weighted by atomic mass is 10.1. The van der Waals surface area contributed by atoms with Gasteiger partial charge in [-0.25, -0.2) is 4.98 Å². The molecule has 5 aromatic rings. The summed E-state index contributed by atoms with van der Waals surface area (Å²) in [7, 11) is 0. The first kappa shape index (κ1) is 17.0. The van der Waals surface area contributed by atoms with Crippen molar-refractivity contribution in [1.82, 2.24) is 4.98 Å². The van der Waals surface area contributed by atoms with Crippen LogP contribution in [0.5, 0.6) is 0 Å². The molecule has 2 heterocycles. The summed E-state index contributed by atoms with van der Waals surface area (Å²) in [5.74, 6) is 0.883. The Hall–Kier alpha value is -4.12. The molecule has 0 bridgehead atoms. The van der Waals surface area contributed by atoms with Crippen LogP contribution >= 0.6 is 0 Å². The summed E-state index contributed by atoms with van der Waals surface area (Å²) >= 11 is 0. The fraction of sp³-hybridized carbons (Fsp3) is 0. The number of carbonyl (C=O) groups is 1. The van der Waals surface area contributed by atoms with Crippen molar-refractivity contribution in [2.24, 2.45) is 0 Å². The molecular formula is C24H16N2O3. The van der Waals surface area contributed by atoms with Crippen molar-refractivity contribution in [2.75, 3.05) is 5.32 Å². The van der Waals surface area contributed by atoms with E-state index >= 15 is 0 Å². The van der Waals surface area contributed by atoms with Crippen molar-refractivity contribution in [3.05, 3.63) is 90.9 Å². The normalized spacial score (nSPS) is 11.4. The van der Waals surface area contributed by atoms with E-state index in [0.29, 0.717) is 17.3 Å². The second kappa shape index (κ2) is 7.13. The van der Waals surface area contributed by atoms with E-state index in [1.54, 1.807) is 24.5 Å². The Bertz CT molecular complexity index is 1350. The summed E-state index contributed by atoms with van der Waals surface area (Å²) < 4.78 is 11.2. The Labute approximate surface area is 166 Å². The summed E-state index contributed by atoms with van der Waals surface area (Å²) in [6.07, 6.45) is 4.60. The van der Waals surface area contributed by atoms with Gasteiger partial charge in [0.05, 0.1) is 6.26 Å². The van der Waals surface area contributed by atoms with Crippen LogP contribution in [0.1, 0.15) is 5.76 Å². The van der Waals surface area contributed by atoms with Gasteiger partial charge >= 0.3 is 0 Å².